The molecular formula is C19H13BrF3IN4O2S. The zero-order valence-electron chi connectivity index (χ0n) is 15.4. The summed E-state index contributed by atoms with van der Waals surface area (Å²) in [6, 6.07) is 8.13. The van der Waals surface area contributed by atoms with Crippen molar-refractivity contribution in [2.75, 3.05) is 5.32 Å². The molecule has 12 heteroatoms. The first-order valence-electron chi connectivity index (χ1n) is 8.50. The Labute approximate surface area is 200 Å². The molecule has 0 radical (unpaired) electrons. The lowest BCUT2D eigenvalue weighted by Gasteiger charge is -2.08. The average Bonchev–Trinajstić information content (AvgIpc) is 3.12. The number of alkyl halides is 3. The van der Waals surface area contributed by atoms with Gasteiger partial charge in [0.25, 0.3) is 0 Å². The first-order chi connectivity index (χ1) is 14.6. The summed E-state index contributed by atoms with van der Waals surface area (Å²) in [6.45, 7) is 0. The molecule has 3 N–H and O–H groups in total. The summed E-state index contributed by atoms with van der Waals surface area (Å²) >= 11 is 6.38. The minimum absolute atomic E-state index is 0.0467. The number of aromatic hydroxyl groups is 1. The number of halogens is 5. The van der Waals surface area contributed by atoms with Crippen molar-refractivity contribution < 1.29 is 23.1 Å². The molecule has 0 fully saturated rings. The van der Waals surface area contributed by atoms with Crippen LogP contribution in [0.4, 0.5) is 24.0 Å². The Bertz CT molecular complexity index is 1110. The van der Waals surface area contributed by atoms with Crippen molar-refractivity contribution in [1.29, 1.82) is 0 Å². The van der Waals surface area contributed by atoms with E-state index in [9.17, 15) is 23.1 Å². The number of benzene rings is 2. The molecule has 0 spiro atoms. The van der Waals surface area contributed by atoms with Crippen LogP contribution in [0, 0.1) is 3.57 Å². The molecule has 0 aliphatic carbocycles. The Morgan fingerprint density at radius 2 is 2.10 bits per heavy atom. The van der Waals surface area contributed by atoms with E-state index < -0.39 is 17.6 Å². The molecule has 6 nitrogen and oxygen atoms in total. The number of thiazole rings is 1. The molecule has 1 heterocycles. The standard InChI is InChI=1S/C19H13BrF3IN4O2S/c20-14-4-10(5-15(24)17(14)30)8-25-28-16(29)7-13-9-31-18(27-13)26-12-3-1-2-11(6-12)19(21,22)23/h1-6,8-9,30H,7H2,(H,26,27)(H,28,29)/b25-8-. The van der Waals surface area contributed by atoms with Gasteiger partial charge in [-0.05, 0) is 74.4 Å². The van der Waals surface area contributed by atoms with Crippen molar-refractivity contribution in [2.24, 2.45) is 5.10 Å². The van der Waals surface area contributed by atoms with Crippen molar-refractivity contribution in [3.8, 4) is 5.75 Å². The van der Waals surface area contributed by atoms with Gasteiger partial charge in [-0.1, -0.05) is 6.07 Å². The number of hydrogen-bond acceptors (Lipinski definition) is 6. The van der Waals surface area contributed by atoms with Crippen LogP contribution in [0.3, 0.4) is 0 Å². The molecule has 2 aromatic carbocycles. The molecule has 3 aromatic rings. The Balaban J connectivity index is 1.57. The summed E-state index contributed by atoms with van der Waals surface area (Å²) in [5.74, 6) is -0.278. The molecule has 3 rings (SSSR count). The number of phenols is 1. The van der Waals surface area contributed by atoms with E-state index in [0.717, 1.165) is 12.1 Å². The summed E-state index contributed by atoms with van der Waals surface area (Å²) in [4.78, 5) is 16.3. The van der Waals surface area contributed by atoms with Gasteiger partial charge in [0.05, 0.1) is 31.9 Å². The zero-order valence-corrected chi connectivity index (χ0v) is 19.9. The van der Waals surface area contributed by atoms with Gasteiger partial charge in [0.15, 0.2) is 5.13 Å². The minimum atomic E-state index is -4.43. The van der Waals surface area contributed by atoms with Crippen LogP contribution in [0.25, 0.3) is 0 Å². The molecule has 31 heavy (non-hydrogen) atoms. The quantitative estimate of drug-likeness (QED) is 0.187. The van der Waals surface area contributed by atoms with Gasteiger partial charge in [-0.2, -0.15) is 18.3 Å². The number of aromatic nitrogens is 1. The van der Waals surface area contributed by atoms with Crippen LogP contribution in [-0.2, 0) is 17.4 Å². The lowest BCUT2D eigenvalue weighted by Crippen LogP contribution is -2.19. The second-order valence-corrected chi connectivity index (χ2v) is 9.03. The van der Waals surface area contributed by atoms with Gasteiger partial charge >= 0.3 is 6.18 Å². The van der Waals surface area contributed by atoms with Crippen molar-refractivity contribution >= 4 is 72.8 Å². The summed E-state index contributed by atoms with van der Waals surface area (Å²) < 4.78 is 39.6. The lowest BCUT2D eigenvalue weighted by atomic mass is 10.2. The third-order valence-corrected chi connectivity index (χ3v) is 6.01. The van der Waals surface area contributed by atoms with Crippen molar-refractivity contribution in [1.82, 2.24) is 10.4 Å². The van der Waals surface area contributed by atoms with E-state index in [2.05, 4.69) is 36.8 Å². The highest BCUT2D eigenvalue weighted by atomic mass is 127. The first kappa shape index (κ1) is 23.5. The number of nitrogens with zero attached hydrogens (tertiary/aromatic N) is 2. The normalized spacial score (nSPS) is 11.6. The molecule has 0 saturated carbocycles. The van der Waals surface area contributed by atoms with E-state index in [-0.39, 0.29) is 17.9 Å². The fourth-order valence-electron chi connectivity index (χ4n) is 2.38. The van der Waals surface area contributed by atoms with Crippen LogP contribution in [0.1, 0.15) is 16.8 Å². The number of hydrazone groups is 1. The van der Waals surface area contributed by atoms with Crippen LogP contribution >= 0.6 is 49.9 Å². The highest BCUT2D eigenvalue weighted by Crippen LogP contribution is 2.32. The third kappa shape index (κ3) is 6.64. The zero-order chi connectivity index (χ0) is 22.6. The number of rotatable bonds is 6. The summed E-state index contributed by atoms with van der Waals surface area (Å²) in [6.07, 6.45) is -3.04. The molecule has 0 atom stereocenters. The van der Waals surface area contributed by atoms with E-state index in [1.165, 1.54) is 29.7 Å². The fraction of sp³-hybridized carbons (Fsp3) is 0.105. The Kier molecular flexibility index (Phi) is 7.54. The molecule has 1 amide bonds. The van der Waals surface area contributed by atoms with E-state index in [1.54, 1.807) is 17.5 Å². The Morgan fingerprint density at radius 1 is 1.32 bits per heavy atom. The predicted octanol–water partition coefficient (Wildman–Crippen LogP) is 5.67. The van der Waals surface area contributed by atoms with Gasteiger partial charge in [0.2, 0.25) is 5.91 Å². The van der Waals surface area contributed by atoms with Crippen LogP contribution in [0.2, 0.25) is 0 Å². The number of anilines is 2. The molecule has 0 aliphatic heterocycles. The van der Waals surface area contributed by atoms with Gasteiger partial charge in [0.1, 0.15) is 5.75 Å². The van der Waals surface area contributed by atoms with E-state index in [4.69, 9.17) is 0 Å². The summed E-state index contributed by atoms with van der Waals surface area (Å²) in [7, 11) is 0. The minimum Gasteiger partial charge on any atom is -0.506 e. The third-order valence-electron chi connectivity index (χ3n) is 3.78. The first-order valence-corrected chi connectivity index (χ1v) is 11.3. The Morgan fingerprint density at radius 3 is 2.81 bits per heavy atom. The van der Waals surface area contributed by atoms with E-state index in [1.807, 2.05) is 22.6 Å². The predicted molar refractivity (Wildman–Crippen MR) is 125 cm³/mol. The van der Waals surface area contributed by atoms with Crippen LogP contribution in [-0.4, -0.2) is 22.2 Å². The van der Waals surface area contributed by atoms with Gasteiger partial charge in [-0.25, -0.2) is 10.4 Å². The number of carbonyl (C=O) groups excluding carboxylic acids is 1. The lowest BCUT2D eigenvalue weighted by molar-refractivity contribution is -0.137. The van der Waals surface area contributed by atoms with Crippen molar-refractivity contribution in [3.63, 3.8) is 0 Å². The number of hydrogen-bond donors (Lipinski definition) is 3. The van der Waals surface area contributed by atoms with Gasteiger partial charge in [-0.3, -0.25) is 4.79 Å². The number of carbonyl (C=O) groups is 1. The maximum absolute atomic E-state index is 12.8. The van der Waals surface area contributed by atoms with Crippen LogP contribution < -0.4 is 10.7 Å². The van der Waals surface area contributed by atoms with Gasteiger partial charge < -0.3 is 10.4 Å². The van der Waals surface area contributed by atoms with E-state index in [0.29, 0.717) is 24.4 Å². The average molecular weight is 625 g/mol. The number of nitrogens with one attached hydrogen (secondary N) is 2. The molecule has 0 bridgehead atoms. The fourth-order valence-corrected chi connectivity index (χ4v) is 4.61. The summed E-state index contributed by atoms with van der Waals surface area (Å²) in [5.41, 5.74) is 3.00. The number of amides is 1. The largest absolute Gasteiger partial charge is 0.506 e. The Hall–Kier alpha value is -2.19. The van der Waals surface area contributed by atoms with Crippen LogP contribution in [0.5, 0.6) is 5.75 Å². The van der Waals surface area contributed by atoms with E-state index >= 15 is 0 Å². The van der Waals surface area contributed by atoms with Crippen molar-refractivity contribution in [3.05, 3.63) is 66.6 Å². The van der Waals surface area contributed by atoms with Gasteiger partial charge in [0, 0.05) is 11.1 Å². The SMILES string of the molecule is O=C(Cc1csc(Nc2cccc(C(F)(F)F)c2)n1)N/N=C\c1cc(Br)c(O)c(I)c1. The molecule has 0 aliphatic rings. The molecule has 1 aromatic heterocycles. The monoisotopic (exact) mass is 624 g/mol. The van der Waals surface area contributed by atoms with Crippen molar-refractivity contribution in [2.45, 2.75) is 12.6 Å². The molecule has 0 unspecified atom stereocenters. The maximum atomic E-state index is 12.8. The topological polar surface area (TPSA) is 86.6 Å². The highest BCUT2D eigenvalue weighted by molar-refractivity contribution is 14.1. The van der Waals surface area contributed by atoms with Crippen LogP contribution in [0.15, 0.2) is 51.4 Å². The molecule has 162 valence electrons. The van der Waals surface area contributed by atoms with Gasteiger partial charge in [-0.15, -0.1) is 11.3 Å². The molecule has 0 saturated heterocycles. The highest BCUT2D eigenvalue weighted by Gasteiger charge is 2.30. The second kappa shape index (κ2) is 9.96. The molecular weight excluding hydrogens is 612 g/mol. The number of phenolic OH excluding ortho intramolecular Hbond substituents is 1. The summed E-state index contributed by atoms with van der Waals surface area (Å²) in [5, 5.41) is 18.4. The smallest absolute Gasteiger partial charge is 0.416 e. The maximum Gasteiger partial charge on any atom is 0.416 e. The second-order valence-electron chi connectivity index (χ2n) is 6.15.